The molecule has 0 N–H and O–H groups in total. The lowest BCUT2D eigenvalue weighted by Crippen LogP contribution is -2.50. The second-order valence-corrected chi connectivity index (χ2v) is 10.8. The zero-order chi connectivity index (χ0) is 18.9. The van der Waals surface area contributed by atoms with Gasteiger partial charge in [-0.2, -0.15) is 8.61 Å². The number of hydrogen-bond acceptors (Lipinski definition) is 4. The van der Waals surface area contributed by atoms with Crippen LogP contribution in [-0.2, 0) is 20.0 Å². The third kappa shape index (κ3) is 3.83. The average molecular weight is 480 g/mol. The second-order valence-electron chi connectivity index (χ2n) is 5.69. The molecule has 10 heteroatoms. The van der Waals surface area contributed by atoms with Crippen LogP contribution >= 0.6 is 27.5 Å². The molecule has 0 aliphatic carbocycles. The van der Waals surface area contributed by atoms with Gasteiger partial charge in [-0.25, -0.2) is 16.8 Å². The molecule has 26 heavy (non-hydrogen) atoms. The van der Waals surface area contributed by atoms with E-state index >= 15 is 0 Å². The van der Waals surface area contributed by atoms with Crippen LogP contribution in [0.4, 0.5) is 0 Å². The maximum Gasteiger partial charge on any atom is 0.244 e. The monoisotopic (exact) mass is 478 g/mol. The first kappa shape index (κ1) is 19.8. The van der Waals surface area contributed by atoms with Crippen molar-refractivity contribution < 1.29 is 16.8 Å². The molecule has 0 amide bonds. The second kappa shape index (κ2) is 7.57. The average Bonchev–Trinajstić information content (AvgIpc) is 2.62. The van der Waals surface area contributed by atoms with Crippen molar-refractivity contribution in [1.82, 2.24) is 8.61 Å². The molecule has 0 bridgehead atoms. The Labute approximate surface area is 166 Å². The maximum absolute atomic E-state index is 12.8. The molecule has 1 fully saturated rings. The van der Waals surface area contributed by atoms with Crippen LogP contribution in [0.1, 0.15) is 0 Å². The van der Waals surface area contributed by atoms with Crippen molar-refractivity contribution in [2.75, 3.05) is 26.2 Å². The van der Waals surface area contributed by atoms with Gasteiger partial charge < -0.3 is 0 Å². The van der Waals surface area contributed by atoms with Gasteiger partial charge in [0.2, 0.25) is 20.0 Å². The predicted octanol–water partition coefficient (Wildman–Crippen LogP) is 2.80. The molecule has 0 spiro atoms. The van der Waals surface area contributed by atoms with E-state index in [-0.39, 0.29) is 36.0 Å². The summed E-state index contributed by atoms with van der Waals surface area (Å²) < 4.78 is 54.0. The van der Waals surface area contributed by atoms with E-state index in [0.717, 1.165) is 0 Å². The summed E-state index contributed by atoms with van der Waals surface area (Å²) in [6, 6.07) is 12.5. The molecule has 6 nitrogen and oxygen atoms in total. The van der Waals surface area contributed by atoms with E-state index in [9.17, 15) is 16.8 Å². The lowest BCUT2D eigenvalue weighted by Gasteiger charge is -2.33. The summed E-state index contributed by atoms with van der Waals surface area (Å²) >= 11 is 9.06. The lowest BCUT2D eigenvalue weighted by molar-refractivity contribution is 0.272. The van der Waals surface area contributed by atoms with E-state index < -0.39 is 20.0 Å². The Balaban J connectivity index is 1.77. The minimum Gasteiger partial charge on any atom is -0.207 e. The number of halogens is 2. The number of nitrogens with zero attached hydrogens (tertiary/aromatic N) is 2. The summed E-state index contributed by atoms with van der Waals surface area (Å²) in [7, 11) is -7.36. The first-order valence-corrected chi connectivity index (χ1v) is 11.8. The van der Waals surface area contributed by atoms with E-state index in [4.69, 9.17) is 11.6 Å². The van der Waals surface area contributed by atoms with Crippen LogP contribution in [0.25, 0.3) is 0 Å². The molecule has 0 atom stereocenters. The van der Waals surface area contributed by atoms with E-state index in [1.54, 1.807) is 18.2 Å². The van der Waals surface area contributed by atoms with Crippen molar-refractivity contribution in [2.24, 2.45) is 0 Å². The van der Waals surface area contributed by atoms with Crippen LogP contribution in [0.5, 0.6) is 0 Å². The molecular formula is C16H16BrClN2O4S2. The van der Waals surface area contributed by atoms with Crippen molar-refractivity contribution in [2.45, 2.75) is 9.79 Å². The van der Waals surface area contributed by atoms with Crippen LogP contribution in [0, 0.1) is 0 Å². The van der Waals surface area contributed by atoms with Crippen molar-refractivity contribution in [3.63, 3.8) is 0 Å². The summed E-state index contributed by atoms with van der Waals surface area (Å²) in [5.74, 6) is 0. The molecule has 0 aromatic heterocycles. The van der Waals surface area contributed by atoms with E-state index in [0.29, 0.717) is 9.50 Å². The largest absolute Gasteiger partial charge is 0.244 e. The van der Waals surface area contributed by atoms with Crippen LogP contribution in [-0.4, -0.2) is 51.6 Å². The highest BCUT2D eigenvalue weighted by Gasteiger charge is 2.34. The molecule has 2 aromatic carbocycles. The van der Waals surface area contributed by atoms with Crippen molar-refractivity contribution in [1.29, 1.82) is 0 Å². The zero-order valence-electron chi connectivity index (χ0n) is 13.5. The Hall–Kier alpha value is -0.970. The van der Waals surface area contributed by atoms with Gasteiger partial charge in [-0.05, 0) is 52.3 Å². The van der Waals surface area contributed by atoms with Crippen LogP contribution in [0.15, 0.2) is 62.8 Å². The summed E-state index contributed by atoms with van der Waals surface area (Å²) in [4.78, 5) is 0.318. The predicted molar refractivity (Wildman–Crippen MR) is 103 cm³/mol. The Bertz CT molecular complexity index is 1000. The minimum absolute atomic E-state index is 0.0919. The quantitative estimate of drug-likeness (QED) is 0.676. The third-order valence-corrected chi connectivity index (χ3v) is 9.18. The van der Waals surface area contributed by atoms with Gasteiger partial charge in [0.1, 0.15) is 0 Å². The summed E-state index contributed by atoms with van der Waals surface area (Å²) in [6.07, 6.45) is 0. The normalized spacial score (nSPS) is 17.3. The molecule has 0 radical (unpaired) electrons. The van der Waals surface area contributed by atoms with Crippen LogP contribution in [0.3, 0.4) is 0 Å². The summed E-state index contributed by atoms with van der Waals surface area (Å²) in [6.45, 7) is 0.371. The van der Waals surface area contributed by atoms with Gasteiger partial charge in [0.25, 0.3) is 0 Å². The molecule has 140 valence electrons. The van der Waals surface area contributed by atoms with Gasteiger partial charge in [-0.15, -0.1) is 0 Å². The summed E-state index contributed by atoms with van der Waals surface area (Å²) in [5, 5.41) is 0.452. The standard InChI is InChI=1S/C16H16BrClN2O4S2/c17-15-3-1-2-4-16(15)26(23,24)20-11-9-19(10-12-20)25(21,22)14-7-5-13(18)6-8-14/h1-8H,9-12H2. The number of sulfonamides is 2. The molecular weight excluding hydrogens is 464 g/mol. The molecule has 3 rings (SSSR count). The van der Waals surface area contributed by atoms with Gasteiger partial charge in [0.05, 0.1) is 9.79 Å². The highest BCUT2D eigenvalue weighted by Crippen LogP contribution is 2.26. The molecule has 0 saturated carbocycles. The van der Waals surface area contributed by atoms with Crippen LogP contribution in [0.2, 0.25) is 5.02 Å². The molecule has 1 saturated heterocycles. The smallest absolute Gasteiger partial charge is 0.207 e. The summed E-state index contributed by atoms with van der Waals surface area (Å²) in [5.41, 5.74) is 0. The SMILES string of the molecule is O=S(=O)(c1ccc(Cl)cc1)N1CCN(S(=O)(=O)c2ccccc2Br)CC1. The molecule has 2 aromatic rings. The highest BCUT2D eigenvalue weighted by molar-refractivity contribution is 9.10. The Morgan fingerprint density at radius 3 is 1.81 bits per heavy atom. The zero-order valence-corrected chi connectivity index (χ0v) is 17.5. The van der Waals surface area contributed by atoms with Crippen molar-refractivity contribution >= 4 is 47.6 Å². The Morgan fingerprint density at radius 2 is 1.27 bits per heavy atom. The first-order valence-electron chi connectivity index (χ1n) is 7.73. The fraction of sp³-hybridized carbons (Fsp3) is 0.250. The van der Waals surface area contributed by atoms with Gasteiger partial charge in [0, 0.05) is 35.7 Å². The number of piperazine rings is 1. The Morgan fingerprint density at radius 1 is 0.769 bits per heavy atom. The minimum atomic E-state index is -3.68. The fourth-order valence-corrected chi connectivity index (χ4v) is 6.63. The number of rotatable bonds is 4. The molecule has 1 heterocycles. The van der Waals surface area contributed by atoms with Crippen molar-refractivity contribution in [3.8, 4) is 0 Å². The van der Waals surface area contributed by atoms with Gasteiger partial charge in [-0.3, -0.25) is 0 Å². The van der Waals surface area contributed by atoms with Crippen molar-refractivity contribution in [3.05, 3.63) is 58.0 Å². The van der Waals surface area contributed by atoms with Gasteiger partial charge in [-0.1, -0.05) is 23.7 Å². The van der Waals surface area contributed by atoms with E-state index in [1.807, 2.05) is 0 Å². The van der Waals surface area contributed by atoms with E-state index in [2.05, 4.69) is 15.9 Å². The Kier molecular flexibility index (Phi) is 5.76. The number of benzene rings is 2. The third-order valence-electron chi connectivity index (χ3n) is 4.10. The first-order chi connectivity index (χ1) is 12.2. The number of hydrogen-bond donors (Lipinski definition) is 0. The van der Waals surface area contributed by atoms with Gasteiger partial charge in [0.15, 0.2) is 0 Å². The molecule has 0 unspecified atom stereocenters. The lowest BCUT2D eigenvalue weighted by atomic mass is 10.4. The molecule has 1 aliphatic heterocycles. The van der Waals surface area contributed by atoms with Crippen LogP contribution < -0.4 is 0 Å². The highest BCUT2D eigenvalue weighted by atomic mass is 79.9. The molecule has 1 aliphatic rings. The topological polar surface area (TPSA) is 74.8 Å². The van der Waals surface area contributed by atoms with E-state index in [1.165, 1.54) is 38.9 Å². The van der Waals surface area contributed by atoms with Gasteiger partial charge >= 0.3 is 0 Å². The maximum atomic E-state index is 12.8. The fourth-order valence-electron chi connectivity index (χ4n) is 2.70.